The SMILES string of the molecule is CCC(CCO)(C(C)C)C(C)(C)N. The van der Waals surface area contributed by atoms with E-state index in [2.05, 4.69) is 34.6 Å². The zero-order valence-corrected chi connectivity index (χ0v) is 9.72. The Morgan fingerprint density at radius 2 is 1.77 bits per heavy atom. The van der Waals surface area contributed by atoms with Crippen molar-refractivity contribution in [2.75, 3.05) is 6.61 Å². The molecule has 2 heteroatoms. The predicted octanol–water partition coefficient (Wildman–Crippen LogP) is 2.16. The highest BCUT2D eigenvalue weighted by molar-refractivity contribution is 4.97. The molecular formula is C11H25NO. The molecular weight excluding hydrogens is 162 g/mol. The van der Waals surface area contributed by atoms with Gasteiger partial charge in [-0.3, -0.25) is 0 Å². The molecule has 0 aromatic carbocycles. The lowest BCUT2D eigenvalue weighted by atomic mass is 9.61. The molecule has 0 rings (SSSR count). The molecule has 1 unspecified atom stereocenters. The number of aliphatic hydroxyl groups is 1. The summed E-state index contributed by atoms with van der Waals surface area (Å²) in [5, 5.41) is 9.09. The number of rotatable bonds is 5. The third kappa shape index (κ3) is 2.44. The second-order valence-corrected chi connectivity index (χ2v) is 4.86. The summed E-state index contributed by atoms with van der Waals surface area (Å²) >= 11 is 0. The van der Waals surface area contributed by atoms with Gasteiger partial charge in [-0.05, 0) is 38.0 Å². The molecule has 13 heavy (non-hydrogen) atoms. The normalized spacial score (nSPS) is 17.5. The van der Waals surface area contributed by atoms with E-state index in [-0.39, 0.29) is 17.6 Å². The van der Waals surface area contributed by atoms with Crippen LogP contribution in [0, 0.1) is 11.3 Å². The molecule has 0 bridgehead atoms. The first-order valence-corrected chi connectivity index (χ1v) is 5.21. The van der Waals surface area contributed by atoms with Gasteiger partial charge < -0.3 is 10.8 Å². The van der Waals surface area contributed by atoms with Crippen molar-refractivity contribution in [3.8, 4) is 0 Å². The summed E-state index contributed by atoms with van der Waals surface area (Å²) in [6.45, 7) is 10.9. The maximum absolute atomic E-state index is 9.09. The Balaban J connectivity index is 4.87. The number of nitrogens with two attached hydrogens (primary N) is 1. The third-order valence-corrected chi connectivity index (χ3v) is 3.58. The third-order valence-electron chi connectivity index (χ3n) is 3.58. The van der Waals surface area contributed by atoms with Crippen molar-refractivity contribution >= 4 is 0 Å². The Hall–Kier alpha value is -0.0800. The minimum absolute atomic E-state index is 0.0573. The summed E-state index contributed by atoms with van der Waals surface area (Å²) in [7, 11) is 0. The van der Waals surface area contributed by atoms with E-state index in [0.717, 1.165) is 12.8 Å². The van der Waals surface area contributed by atoms with Gasteiger partial charge in [0.2, 0.25) is 0 Å². The van der Waals surface area contributed by atoms with Crippen LogP contribution < -0.4 is 5.73 Å². The van der Waals surface area contributed by atoms with E-state index in [0.29, 0.717) is 5.92 Å². The zero-order valence-electron chi connectivity index (χ0n) is 9.72. The van der Waals surface area contributed by atoms with Crippen molar-refractivity contribution in [3.05, 3.63) is 0 Å². The molecule has 1 atom stereocenters. The first-order valence-electron chi connectivity index (χ1n) is 5.21. The molecule has 2 nitrogen and oxygen atoms in total. The van der Waals surface area contributed by atoms with E-state index in [1.54, 1.807) is 0 Å². The van der Waals surface area contributed by atoms with Gasteiger partial charge in [0.25, 0.3) is 0 Å². The summed E-state index contributed by atoms with van der Waals surface area (Å²) < 4.78 is 0. The van der Waals surface area contributed by atoms with Gasteiger partial charge >= 0.3 is 0 Å². The van der Waals surface area contributed by atoms with Crippen LogP contribution >= 0.6 is 0 Å². The smallest absolute Gasteiger partial charge is 0.0437 e. The van der Waals surface area contributed by atoms with Crippen molar-refractivity contribution < 1.29 is 5.11 Å². The topological polar surface area (TPSA) is 46.2 Å². The minimum Gasteiger partial charge on any atom is -0.396 e. The monoisotopic (exact) mass is 187 g/mol. The molecule has 0 fully saturated rings. The summed E-state index contributed by atoms with van der Waals surface area (Å²) in [5.74, 6) is 0.504. The quantitative estimate of drug-likeness (QED) is 0.693. The van der Waals surface area contributed by atoms with Gasteiger partial charge in [-0.2, -0.15) is 0 Å². The van der Waals surface area contributed by atoms with Gasteiger partial charge in [0.1, 0.15) is 0 Å². The van der Waals surface area contributed by atoms with Crippen molar-refractivity contribution in [2.24, 2.45) is 17.1 Å². The van der Waals surface area contributed by atoms with Crippen LogP contribution in [0.1, 0.15) is 47.5 Å². The Bertz CT molecular complexity index is 149. The van der Waals surface area contributed by atoms with Crippen LogP contribution in [-0.4, -0.2) is 17.3 Å². The van der Waals surface area contributed by atoms with Crippen LogP contribution in [0.25, 0.3) is 0 Å². The molecule has 0 aliphatic carbocycles. The maximum atomic E-state index is 9.09. The summed E-state index contributed by atoms with van der Waals surface area (Å²) in [4.78, 5) is 0. The number of hydrogen-bond donors (Lipinski definition) is 2. The molecule has 0 spiro atoms. The highest BCUT2D eigenvalue weighted by Gasteiger charge is 2.42. The molecule has 0 aliphatic heterocycles. The van der Waals surface area contributed by atoms with Gasteiger partial charge in [0.15, 0.2) is 0 Å². The van der Waals surface area contributed by atoms with E-state index in [4.69, 9.17) is 10.8 Å². The Kier molecular flexibility index (Phi) is 4.40. The summed E-state index contributed by atoms with van der Waals surface area (Å²) in [6, 6.07) is 0. The molecule has 0 heterocycles. The van der Waals surface area contributed by atoms with Gasteiger partial charge in [-0.1, -0.05) is 20.8 Å². The first-order chi connectivity index (χ1) is 5.81. The molecule has 3 N–H and O–H groups in total. The standard InChI is InChI=1S/C11H25NO/c1-6-11(7-8-13,9(2)3)10(4,5)12/h9,13H,6-8,12H2,1-5H3. The van der Waals surface area contributed by atoms with Crippen molar-refractivity contribution in [3.63, 3.8) is 0 Å². The van der Waals surface area contributed by atoms with Crippen LogP contribution in [0.2, 0.25) is 0 Å². The highest BCUT2D eigenvalue weighted by atomic mass is 16.3. The van der Waals surface area contributed by atoms with Crippen molar-refractivity contribution in [2.45, 2.75) is 53.0 Å². The fourth-order valence-corrected chi connectivity index (χ4v) is 2.60. The highest BCUT2D eigenvalue weighted by Crippen LogP contribution is 2.43. The maximum Gasteiger partial charge on any atom is 0.0437 e. The molecule has 0 aromatic rings. The molecule has 0 saturated heterocycles. The minimum atomic E-state index is -0.224. The molecule has 0 radical (unpaired) electrons. The van der Waals surface area contributed by atoms with Crippen molar-refractivity contribution in [1.82, 2.24) is 0 Å². The van der Waals surface area contributed by atoms with E-state index in [9.17, 15) is 0 Å². The first kappa shape index (κ1) is 12.9. The summed E-state index contributed by atoms with van der Waals surface area (Å²) in [6.07, 6.45) is 1.82. The summed E-state index contributed by atoms with van der Waals surface area (Å²) in [5.41, 5.74) is 6.03. The van der Waals surface area contributed by atoms with E-state index in [1.165, 1.54) is 0 Å². The zero-order chi connectivity index (χ0) is 10.7. The van der Waals surface area contributed by atoms with Crippen LogP contribution in [0.15, 0.2) is 0 Å². The van der Waals surface area contributed by atoms with Gasteiger partial charge in [0, 0.05) is 12.1 Å². The Morgan fingerprint density at radius 1 is 1.31 bits per heavy atom. The lowest BCUT2D eigenvalue weighted by molar-refractivity contribution is 0.0440. The number of hydrogen-bond acceptors (Lipinski definition) is 2. The van der Waals surface area contributed by atoms with Gasteiger partial charge in [0.05, 0.1) is 0 Å². The molecule has 0 aromatic heterocycles. The van der Waals surface area contributed by atoms with Crippen LogP contribution in [0.3, 0.4) is 0 Å². The second kappa shape index (κ2) is 4.43. The van der Waals surface area contributed by atoms with E-state index in [1.807, 2.05) is 0 Å². The van der Waals surface area contributed by atoms with E-state index >= 15 is 0 Å². The molecule has 0 amide bonds. The lowest BCUT2D eigenvalue weighted by Crippen LogP contribution is -2.53. The van der Waals surface area contributed by atoms with Gasteiger partial charge in [-0.25, -0.2) is 0 Å². The van der Waals surface area contributed by atoms with Crippen LogP contribution in [-0.2, 0) is 0 Å². The average molecular weight is 187 g/mol. The van der Waals surface area contributed by atoms with E-state index < -0.39 is 0 Å². The fraction of sp³-hybridized carbons (Fsp3) is 1.00. The Morgan fingerprint density at radius 3 is 1.85 bits per heavy atom. The molecule has 0 aliphatic rings. The van der Waals surface area contributed by atoms with Crippen LogP contribution in [0.4, 0.5) is 0 Å². The average Bonchev–Trinajstić information content (AvgIpc) is 1.96. The van der Waals surface area contributed by atoms with Crippen molar-refractivity contribution in [1.29, 1.82) is 0 Å². The van der Waals surface area contributed by atoms with Crippen LogP contribution in [0.5, 0.6) is 0 Å². The lowest BCUT2D eigenvalue weighted by Gasteiger charge is -2.47. The predicted molar refractivity (Wildman–Crippen MR) is 57.5 cm³/mol. The second-order valence-electron chi connectivity index (χ2n) is 4.86. The molecule has 80 valence electrons. The fourth-order valence-electron chi connectivity index (χ4n) is 2.60. The largest absolute Gasteiger partial charge is 0.396 e. The number of aliphatic hydroxyl groups excluding tert-OH is 1. The Labute approximate surface area is 82.5 Å². The molecule has 0 saturated carbocycles. The van der Waals surface area contributed by atoms with Gasteiger partial charge in [-0.15, -0.1) is 0 Å².